The van der Waals surface area contributed by atoms with Crippen LogP contribution >= 0.6 is 0 Å². The van der Waals surface area contributed by atoms with Gasteiger partial charge in [0.15, 0.2) is 5.92 Å². The Morgan fingerprint density at radius 1 is 0.947 bits per heavy atom. The summed E-state index contributed by atoms with van der Waals surface area (Å²) in [5.41, 5.74) is 0.276. The van der Waals surface area contributed by atoms with Gasteiger partial charge in [0.25, 0.3) is 0 Å². The third-order valence-corrected chi connectivity index (χ3v) is 5.72. The third kappa shape index (κ3) is 2.37. The zero-order chi connectivity index (χ0) is 13.6. The van der Waals surface area contributed by atoms with Crippen molar-refractivity contribution in [1.82, 2.24) is 0 Å². The number of carbonyl (C=O) groups is 2. The van der Waals surface area contributed by atoms with Gasteiger partial charge in [0.2, 0.25) is 0 Å². The van der Waals surface area contributed by atoms with Gasteiger partial charge in [0.05, 0.1) is 0 Å². The van der Waals surface area contributed by atoms with Crippen molar-refractivity contribution < 1.29 is 19.8 Å². The average molecular weight is 266 g/mol. The van der Waals surface area contributed by atoms with Crippen LogP contribution in [0.1, 0.15) is 51.4 Å². The fraction of sp³-hybridized carbons (Fsp3) is 0.867. The molecule has 4 aliphatic carbocycles. The predicted octanol–water partition coefficient (Wildman–Crippen LogP) is 2.77. The first-order valence-corrected chi connectivity index (χ1v) is 7.43. The van der Waals surface area contributed by atoms with Gasteiger partial charge in [0, 0.05) is 0 Å². The van der Waals surface area contributed by atoms with E-state index in [0.29, 0.717) is 6.42 Å². The Kier molecular flexibility index (Phi) is 3.06. The van der Waals surface area contributed by atoms with E-state index in [-0.39, 0.29) is 5.41 Å². The standard InChI is InChI=1S/C15H22O4/c16-13(17)12(14(18)19)1-2-15-6-9-3-10(7-15)5-11(4-9)8-15/h9-12H,1-8H2,(H,16,17)(H,18,19). The van der Waals surface area contributed by atoms with E-state index in [1.165, 1.54) is 38.5 Å². The second kappa shape index (κ2) is 4.50. The third-order valence-electron chi connectivity index (χ3n) is 5.72. The van der Waals surface area contributed by atoms with Crippen molar-refractivity contribution in [3.05, 3.63) is 0 Å². The van der Waals surface area contributed by atoms with E-state index in [9.17, 15) is 9.59 Å². The molecule has 4 bridgehead atoms. The van der Waals surface area contributed by atoms with Crippen molar-refractivity contribution in [1.29, 1.82) is 0 Å². The molecule has 0 amide bonds. The van der Waals surface area contributed by atoms with Crippen molar-refractivity contribution >= 4 is 11.9 Å². The van der Waals surface area contributed by atoms with Gasteiger partial charge in [-0.2, -0.15) is 0 Å². The van der Waals surface area contributed by atoms with Crippen LogP contribution in [0.3, 0.4) is 0 Å². The summed E-state index contributed by atoms with van der Waals surface area (Å²) in [5.74, 6) is -1.08. The van der Waals surface area contributed by atoms with E-state index < -0.39 is 17.9 Å². The van der Waals surface area contributed by atoms with Crippen molar-refractivity contribution in [2.45, 2.75) is 51.4 Å². The number of rotatable bonds is 5. The van der Waals surface area contributed by atoms with Crippen molar-refractivity contribution in [3.63, 3.8) is 0 Å². The van der Waals surface area contributed by atoms with Crippen LogP contribution in [-0.2, 0) is 9.59 Å². The highest BCUT2D eigenvalue weighted by molar-refractivity contribution is 5.92. The molecule has 0 aromatic rings. The van der Waals surface area contributed by atoms with Crippen LogP contribution in [0.25, 0.3) is 0 Å². The van der Waals surface area contributed by atoms with Gasteiger partial charge in [-0.15, -0.1) is 0 Å². The van der Waals surface area contributed by atoms with Crippen LogP contribution in [0.5, 0.6) is 0 Å². The summed E-state index contributed by atoms with van der Waals surface area (Å²) in [6, 6.07) is 0. The molecule has 4 aliphatic rings. The lowest BCUT2D eigenvalue weighted by molar-refractivity contribution is -0.155. The van der Waals surface area contributed by atoms with Gasteiger partial charge in [0.1, 0.15) is 0 Å². The van der Waals surface area contributed by atoms with Crippen molar-refractivity contribution in [2.75, 3.05) is 0 Å². The second-order valence-corrected chi connectivity index (χ2v) is 7.19. The number of aliphatic carboxylic acids is 2. The van der Waals surface area contributed by atoms with E-state index in [0.717, 1.165) is 24.2 Å². The molecule has 19 heavy (non-hydrogen) atoms. The summed E-state index contributed by atoms with van der Waals surface area (Å²) < 4.78 is 0. The summed E-state index contributed by atoms with van der Waals surface area (Å²) >= 11 is 0. The first-order valence-electron chi connectivity index (χ1n) is 7.43. The Bertz CT molecular complexity index is 352. The number of carboxylic acid groups (broad SMARTS) is 2. The molecule has 4 nitrogen and oxygen atoms in total. The molecule has 4 rings (SSSR count). The number of carboxylic acids is 2. The van der Waals surface area contributed by atoms with E-state index >= 15 is 0 Å². The Morgan fingerprint density at radius 2 is 1.37 bits per heavy atom. The van der Waals surface area contributed by atoms with Crippen LogP contribution in [0.4, 0.5) is 0 Å². The van der Waals surface area contributed by atoms with Gasteiger partial charge >= 0.3 is 11.9 Å². The molecule has 0 aromatic heterocycles. The molecule has 0 atom stereocenters. The van der Waals surface area contributed by atoms with Crippen molar-refractivity contribution in [3.8, 4) is 0 Å². The zero-order valence-electron chi connectivity index (χ0n) is 11.2. The van der Waals surface area contributed by atoms with Gasteiger partial charge in [-0.3, -0.25) is 9.59 Å². The average Bonchev–Trinajstić information content (AvgIpc) is 2.25. The maximum atomic E-state index is 11.0. The minimum atomic E-state index is -1.21. The number of hydrogen-bond donors (Lipinski definition) is 2. The highest BCUT2D eigenvalue weighted by Gasteiger charge is 2.50. The minimum Gasteiger partial charge on any atom is -0.481 e. The Balaban J connectivity index is 1.66. The Hall–Kier alpha value is -1.06. The first kappa shape index (κ1) is 12.9. The summed E-state index contributed by atoms with van der Waals surface area (Å²) in [4.78, 5) is 22.0. The van der Waals surface area contributed by atoms with E-state index in [1.54, 1.807) is 0 Å². The van der Waals surface area contributed by atoms with E-state index in [2.05, 4.69) is 0 Å². The smallest absolute Gasteiger partial charge is 0.317 e. The highest BCUT2D eigenvalue weighted by atomic mass is 16.4. The van der Waals surface area contributed by atoms with Gasteiger partial charge in [-0.25, -0.2) is 0 Å². The summed E-state index contributed by atoms with van der Waals surface area (Å²) in [5, 5.41) is 18.0. The summed E-state index contributed by atoms with van der Waals surface area (Å²) in [6.45, 7) is 0. The topological polar surface area (TPSA) is 74.6 Å². The lowest BCUT2D eigenvalue weighted by Gasteiger charge is -2.57. The Labute approximate surface area is 113 Å². The molecular weight excluding hydrogens is 244 g/mol. The molecule has 4 heteroatoms. The normalized spacial score (nSPS) is 39.7. The lowest BCUT2D eigenvalue weighted by Crippen LogP contribution is -2.46. The number of hydrogen-bond acceptors (Lipinski definition) is 2. The minimum absolute atomic E-state index is 0.276. The van der Waals surface area contributed by atoms with Crippen LogP contribution < -0.4 is 0 Å². The first-order chi connectivity index (χ1) is 8.97. The van der Waals surface area contributed by atoms with Crippen LogP contribution in [0, 0.1) is 29.1 Å². The SMILES string of the molecule is O=C(O)C(CCC12CC3CC(CC(C3)C1)C2)C(=O)O. The second-order valence-electron chi connectivity index (χ2n) is 7.19. The van der Waals surface area contributed by atoms with E-state index in [4.69, 9.17) is 10.2 Å². The summed E-state index contributed by atoms with van der Waals surface area (Å²) in [6.07, 6.45) is 8.82. The Morgan fingerprint density at radius 3 is 1.74 bits per heavy atom. The molecule has 4 saturated carbocycles. The van der Waals surface area contributed by atoms with Gasteiger partial charge < -0.3 is 10.2 Å². The summed E-state index contributed by atoms with van der Waals surface area (Å²) in [7, 11) is 0. The van der Waals surface area contributed by atoms with Crippen molar-refractivity contribution in [2.24, 2.45) is 29.1 Å². The van der Waals surface area contributed by atoms with Gasteiger partial charge in [-0.05, 0) is 74.5 Å². The maximum Gasteiger partial charge on any atom is 0.317 e. The predicted molar refractivity (Wildman–Crippen MR) is 68.6 cm³/mol. The molecule has 0 unspecified atom stereocenters. The van der Waals surface area contributed by atoms with Crippen LogP contribution in [0.15, 0.2) is 0 Å². The highest BCUT2D eigenvalue weighted by Crippen LogP contribution is 2.61. The molecular formula is C15H22O4. The lowest BCUT2D eigenvalue weighted by atomic mass is 9.48. The van der Waals surface area contributed by atoms with E-state index in [1.807, 2.05) is 0 Å². The molecule has 0 radical (unpaired) electrons. The monoisotopic (exact) mass is 266 g/mol. The van der Waals surface area contributed by atoms with Gasteiger partial charge in [-0.1, -0.05) is 0 Å². The molecule has 0 saturated heterocycles. The molecule has 0 spiro atoms. The molecule has 106 valence electrons. The fourth-order valence-corrected chi connectivity index (χ4v) is 5.40. The molecule has 0 heterocycles. The largest absolute Gasteiger partial charge is 0.481 e. The molecule has 4 fully saturated rings. The van der Waals surface area contributed by atoms with Crippen LogP contribution in [0.2, 0.25) is 0 Å². The molecule has 0 aromatic carbocycles. The van der Waals surface area contributed by atoms with Crippen LogP contribution in [-0.4, -0.2) is 22.2 Å². The fourth-order valence-electron chi connectivity index (χ4n) is 5.40. The molecule has 2 N–H and O–H groups in total. The zero-order valence-corrected chi connectivity index (χ0v) is 11.2. The molecule has 0 aliphatic heterocycles. The maximum absolute atomic E-state index is 11.0. The quantitative estimate of drug-likeness (QED) is 0.750.